The Morgan fingerprint density at radius 2 is 2.15 bits per heavy atom. The van der Waals surface area contributed by atoms with Crippen molar-refractivity contribution in [1.82, 2.24) is 15.2 Å². The molecule has 0 aliphatic heterocycles. The minimum Gasteiger partial charge on any atom is -0.492 e. The molecule has 0 unspecified atom stereocenters. The number of methoxy groups -OCH3 is 1. The zero-order chi connectivity index (χ0) is 14.5. The maximum absolute atomic E-state index is 11.8. The number of pyridine rings is 1. The Hall–Kier alpha value is -2.37. The molecule has 6 nitrogen and oxygen atoms in total. The van der Waals surface area contributed by atoms with E-state index in [0.717, 1.165) is 17.7 Å². The van der Waals surface area contributed by atoms with Crippen LogP contribution >= 0.6 is 0 Å². The highest BCUT2D eigenvalue weighted by molar-refractivity contribution is 5.93. The van der Waals surface area contributed by atoms with Crippen LogP contribution in [0.2, 0.25) is 0 Å². The second-order valence-electron chi connectivity index (χ2n) is 4.09. The van der Waals surface area contributed by atoms with Gasteiger partial charge in [0.1, 0.15) is 5.69 Å². The van der Waals surface area contributed by atoms with Crippen LogP contribution in [0.1, 0.15) is 30.0 Å². The zero-order valence-corrected chi connectivity index (χ0v) is 11.8. The summed E-state index contributed by atoms with van der Waals surface area (Å²) < 4.78 is 10.2. The van der Waals surface area contributed by atoms with Crippen molar-refractivity contribution in [3.05, 3.63) is 29.7 Å². The number of carbonyl (C=O) groups excluding carboxylic acids is 1. The second kappa shape index (κ2) is 6.18. The van der Waals surface area contributed by atoms with E-state index in [1.807, 2.05) is 19.1 Å². The quantitative estimate of drug-likeness (QED) is 0.847. The van der Waals surface area contributed by atoms with E-state index >= 15 is 0 Å². The molecule has 0 amide bonds. The zero-order valence-electron chi connectivity index (χ0n) is 11.8. The summed E-state index contributed by atoms with van der Waals surface area (Å²) in [7, 11) is 1.49. The van der Waals surface area contributed by atoms with Crippen LogP contribution in [-0.4, -0.2) is 34.9 Å². The Kier molecular flexibility index (Phi) is 4.34. The SMILES string of the molecule is CCOC(=O)c1[nH]nc(-c2ccc(CC)nc2)c1OC. The Morgan fingerprint density at radius 3 is 2.70 bits per heavy atom. The maximum Gasteiger partial charge on any atom is 0.360 e. The average Bonchev–Trinajstić information content (AvgIpc) is 2.91. The molecule has 0 saturated carbocycles. The molecule has 2 heterocycles. The summed E-state index contributed by atoms with van der Waals surface area (Å²) >= 11 is 0. The fraction of sp³-hybridized carbons (Fsp3) is 0.357. The first-order chi connectivity index (χ1) is 9.71. The Bertz CT molecular complexity index is 590. The van der Waals surface area contributed by atoms with Crippen LogP contribution in [0.15, 0.2) is 18.3 Å². The van der Waals surface area contributed by atoms with Crippen LogP contribution in [0.5, 0.6) is 5.75 Å². The molecule has 2 aromatic heterocycles. The number of nitrogens with one attached hydrogen (secondary N) is 1. The smallest absolute Gasteiger partial charge is 0.360 e. The van der Waals surface area contributed by atoms with Crippen molar-refractivity contribution in [3.8, 4) is 17.0 Å². The average molecular weight is 275 g/mol. The van der Waals surface area contributed by atoms with Crippen molar-refractivity contribution in [3.63, 3.8) is 0 Å². The van der Waals surface area contributed by atoms with Crippen molar-refractivity contribution in [2.24, 2.45) is 0 Å². The molecule has 0 bridgehead atoms. The number of aromatic amines is 1. The molecule has 106 valence electrons. The van der Waals surface area contributed by atoms with Gasteiger partial charge in [-0.15, -0.1) is 0 Å². The largest absolute Gasteiger partial charge is 0.492 e. The van der Waals surface area contributed by atoms with E-state index in [0.29, 0.717) is 18.1 Å². The fourth-order valence-electron chi connectivity index (χ4n) is 1.84. The summed E-state index contributed by atoms with van der Waals surface area (Å²) in [5.41, 5.74) is 2.54. The first kappa shape index (κ1) is 14.0. The van der Waals surface area contributed by atoms with Gasteiger partial charge in [-0.25, -0.2) is 4.79 Å². The molecular weight excluding hydrogens is 258 g/mol. The molecule has 0 aliphatic carbocycles. The summed E-state index contributed by atoms with van der Waals surface area (Å²) in [6, 6.07) is 3.83. The highest BCUT2D eigenvalue weighted by atomic mass is 16.5. The third-order valence-electron chi connectivity index (χ3n) is 2.87. The van der Waals surface area contributed by atoms with Gasteiger partial charge in [-0.05, 0) is 25.5 Å². The molecule has 2 rings (SSSR count). The van der Waals surface area contributed by atoms with Gasteiger partial charge in [-0.3, -0.25) is 10.1 Å². The van der Waals surface area contributed by atoms with Crippen LogP contribution in [-0.2, 0) is 11.2 Å². The Labute approximate surface area is 117 Å². The molecule has 1 N–H and O–H groups in total. The molecule has 0 radical (unpaired) electrons. The summed E-state index contributed by atoms with van der Waals surface area (Å²) in [6.07, 6.45) is 2.58. The van der Waals surface area contributed by atoms with Gasteiger partial charge in [0.05, 0.1) is 13.7 Å². The predicted octanol–water partition coefficient (Wildman–Crippen LogP) is 2.22. The number of hydrogen-bond acceptors (Lipinski definition) is 5. The standard InChI is InChI=1S/C14H17N3O3/c1-4-10-7-6-9(8-15-10)11-13(19-3)12(17-16-11)14(18)20-5-2/h6-8H,4-5H2,1-3H3,(H,16,17). The molecule has 0 saturated heterocycles. The Morgan fingerprint density at radius 1 is 1.35 bits per heavy atom. The minimum absolute atomic E-state index is 0.212. The number of nitrogens with zero attached hydrogens (tertiary/aromatic N) is 2. The lowest BCUT2D eigenvalue weighted by atomic mass is 10.1. The van der Waals surface area contributed by atoms with Gasteiger partial charge in [0.2, 0.25) is 0 Å². The topological polar surface area (TPSA) is 77.1 Å². The highest BCUT2D eigenvalue weighted by Gasteiger charge is 2.22. The van der Waals surface area contributed by atoms with Crippen LogP contribution in [0.3, 0.4) is 0 Å². The van der Waals surface area contributed by atoms with Crippen molar-refractivity contribution in [2.75, 3.05) is 13.7 Å². The molecule has 0 spiro atoms. The van der Waals surface area contributed by atoms with E-state index in [1.165, 1.54) is 7.11 Å². The summed E-state index contributed by atoms with van der Waals surface area (Å²) in [6.45, 7) is 4.08. The van der Waals surface area contributed by atoms with Gasteiger partial charge in [0.15, 0.2) is 11.4 Å². The number of esters is 1. The number of rotatable bonds is 5. The number of H-pyrrole nitrogens is 1. The number of hydrogen-bond donors (Lipinski definition) is 1. The van der Waals surface area contributed by atoms with Crippen molar-refractivity contribution in [1.29, 1.82) is 0 Å². The van der Waals surface area contributed by atoms with Crippen LogP contribution in [0.25, 0.3) is 11.3 Å². The van der Waals surface area contributed by atoms with E-state index < -0.39 is 5.97 Å². The van der Waals surface area contributed by atoms with E-state index in [-0.39, 0.29) is 5.69 Å². The first-order valence-corrected chi connectivity index (χ1v) is 6.46. The van der Waals surface area contributed by atoms with Gasteiger partial charge in [-0.2, -0.15) is 5.10 Å². The summed E-state index contributed by atoms with van der Waals surface area (Å²) in [5.74, 6) is -0.115. The lowest BCUT2D eigenvalue weighted by Crippen LogP contribution is -2.06. The Balaban J connectivity index is 2.38. The van der Waals surface area contributed by atoms with E-state index in [2.05, 4.69) is 15.2 Å². The maximum atomic E-state index is 11.8. The van der Waals surface area contributed by atoms with Gasteiger partial charge >= 0.3 is 5.97 Å². The molecule has 0 atom stereocenters. The van der Waals surface area contributed by atoms with Gasteiger partial charge < -0.3 is 9.47 Å². The van der Waals surface area contributed by atoms with Crippen LogP contribution in [0, 0.1) is 0 Å². The number of aromatic nitrogens is 3. The van der Waals surface area contributed by atoms with Gasteiger partial charge in [0.25, 0.3) is 0 Å². The molecule has 20 heavy (non-hydrogen) atoms. The predicted molar refractivity (Wildman–Crippen MR) is 73.7 cm³/mol. The second-order valence-corrected chi connectivity index (χ2v) is 4.09. The fourth-order valence-corrected chi connectivity index (χ4v) is 1.84. The molecule has 6 heteroatoms. The molecule has 2 aromatic rings. The van der Waals surface area contributed by atoms with Crippen LogP contribution < -0.4 is 4.74 Å². The lowest BCUT2D eigenvalue weighted by Gasteiger charge is -2.04. The van der Waals surface area contributed by atoms with E-state index in [9.17, 15) is 4.79 Å². The number of ether oxygens (including phenoxy) is 2. The molecule has 0 fully saturated rings. The van der Waals surface area contributed by atoms with Gasteiger partial charge in [0, 0.05) is 17.5 Å². The van der Waals surface area contributed by atoms with Crippen molar-refractivity contribution in [2.45, 2.75) is 20.3 Å². The summed E-state index contributed by atoms with van der Waals surface area (Å²) in [4.78, 5) is 16.1. The van der Waals surface area contributed by atoms with Crippen molar-refractivity contribution < 1.29 is 14.3 Å². The number of carbonyl (C=O) groups is 1. The molecule has 0 aromatic carbocycles. The third-order valence-corrected chi connectivity index (χ3v) is 2.87. The van der Waals surface area contributed by atoms with Gasteiger partial charge in [-0.1, -0.05) is 6.92 Å². The molecular formula is C14H17N3O3. The first-order valence-electron chi connectivity index (χ1n) is 6.46. The third kappa shape index (κ3) is 2.64. The normalized spacial score (nSPS) is 10.3. The summed E-state index contributed by atoms with van der Waals surface area (Å²) in [5, 5.41) is 6.78. The van der Waals surface area contributed by atoms with E-state index in [4.69, 9.17) is 9.47 Å². The minimum atomic E-state index is -0.485. The number of aryl methyl sites for hydroxylation is 1. The van der Waals surface area contributed by atoms with E-state index in [1.54, 1.807) is 13.1 Å². The molecule has 0 aliphatic rings. The van der Waals surface area contributed by atoms with Crippen LogP contribution in [0.4, 0.5) is 0 Å². The monoisotopic (exact) mass is 275 g/mol. The lowest BCUT2D eigenvalue weighted by molar-refractivity contribution is 0.0516. The van der Waals surface area contributed by atoms with Crippen molar-refractivity contribution >= 4 is 5.97 Å². The highest BCUT2D eigenvalue weighted by Crippen LogP contribution is 2.30.